The van der Waals surface area contributed by atoms with Gasteiger partial charge in [-0.1, -0.05) is 6.07 Å². The van der Waals surface area contributed by atoms with Gasteiger partial charge in [0.1, 0.15) is 23.3 Å². The van der Waals surface area contributed by atoms with Crippen molar-refractivity contribution in [3.8, 4) is 11.5 Å². The normalized spacial score (nSPS) is 15.0. The number of ether oxygens (including phenoxy) is 2. The topological polar surface area (TPSA) is 85.7 Å². The third-order valence-corrected chi connectivity index (χ3v) is 4.47. The number of benzene rings is 1. The van der Waals surface area contributed by atoms with Crippen LogP contribution in [0.5, 0.6) is 11.5 Å². The minimum Gasteiger partial charge on any atom is -0.490 e. The van der Waals surface area contributed by atoms with Crippen molar-refractivity contribution < 1.29 is 32.2 Å². The van der Waals surface area contributed by atoms with E-state index in [1.165, 1.54) is 35.9 Å². The van der Waals surface area contributed by atoms with Crippen LogP contribution in [0.1, 0.15) is 30.3 Å². The van der Waals surface area contributed by atoms with E-state index in [0.29, 0.717) is 37.4 Å². The number of anilines is 1. The fourth-order valence-corrected chi connectivity index (χ4v) is 3.18. The number of aromatic nitrogens is 2. The number of aryl methyl sites for hydroxylation is 1. The molecule has 162 valence electrons. The molecule has 0 unspecified atom stereocenters. The zero-order chi connectivity index (χ0) is 21.9. The lowest BCUT2D eigenvalue weighted by Crippen LogP contribution is -2.42. The van der Waals surface area contributed by atoms with Gasteiger partial charge in [-0.15, -0.1) is 13.2 Å². The molecule has 1 aromatic carbocycles. The molecule has 1 aromatic heterocycles. The first-order valence-electron chi connectivity index (χ1n) is 9.24. The van der Waals surface area contributed by atoms with E-state index in [0.717, 1.165) is 0 Å². The molecule has 0 spiro atoms. The van der Waals surface area contributed by atoms with Gasteiger partial charge < -0.3 is 19.7 Å². The summed E-state index contributed by atoms with van der Waals surface area (Å²) in [6, 6.07) is 6.87. The number of hydrogen-bond acceptors (Lipinski definition) is 5. The summed E-state index contributed by atoms with van der Waals surface area (Å²) in [4.78, 5) is 25.5. The summed E-state index contributed by atoms with van der Waals surface area (Å²) in [6.45, 7) is 2.19. The zero-order valence-corrected chi connectivity index (χ0v) is 16.4. The van der Waals surface area contributed by atoms with E-state index in [2.05, 4.69) is 15.2 Å². The van der Waals surface area contributed by atoms with E-state index in [1.807, 2.05) is 0 Å². The molecule has 1 fully saturated rings. The molecule has 2 heterocycles. The number of piperidine rings is 1. The number of rotatable bonds is 5. The van der Waals surface area contributed by atoms with Crippen molar-refractivity contribution in [3.05, 3.63) is 36.0 Å². The van der Waals surface area contributed by atoms with Gasteiger partial charge in [-0.2, -0.15) is 5.10 Å². The minimum atomic E-state index is -4.77. The van der Waals surface area contributed by atoms with Crippen LogP contribution in [0.25, 0.3) is 0 Å². The van der Waals surface area contributed by atoms with Crippen LogP contribution in [0.2, 0.25) is 0 Å². The molecule has 0 saturated carbocycles. The van der Waals surface area contributed by atoms with Gasteiger partial charge in [-0.3, -0.25) is 14.3 Å². The highest BCUT2D eigenvalue weighted by atomic mass is 19.4. The van der Waals surface area contributed by atoms with E-state index >= 15 is 0 Å². The van der Waals surface area contributed by atoms with Crippen LogP contribution in [-0.2, 0) is 11.8 Å². The van der Waals surface area contributed by atoms with E-state index < -0.39 is 6.36 Å². The van der Waals surface area contributed by atoms with Crippen molar-refractivity contribution in [1.29, 1.82) is 0 Å². The molecule has 1 saturated heterocycles. The van der Waals surface area contributed by atoms with Crippen LogP contribution < -0.4 is 14.8 Å². The monoisotopic (exact) mass is 426 g/mol. The molecule has 2 aromatic rings. The van der Waals surface area contributed by atoms with Crippen molar-refractivity contribution in [2.45, 2.75) is 32.2 Å². The van der Waals surface area contributed by atoms with Crippen LogP contribution in [0.15, 0.2) is 30.3 Å². The third kappa shape index (κ3) is 5.65. The average Bonchev–Trinajstić information content (AvgIpc) is 3.00. The number of amides is 2. The Kier molecular flexibility index (Phi) is 6.18. The summed E-state index contributed by atoms with van der Waals surface area (Å²) < 4.78 is 48.1. The number of halogens is 3. The van der Waals surface area contributed by atoms with Gasteiger partial charge in [-0.05, 0) is 12.1 Å². The first kappa shape index (κ1) is 21.5. The molecular formula is C19H21F3N4O4. The second-order valence-corrected chi connectivity index (χ2v) is 6.85. The summed E-state index contributed by atoms with van der Waals surface area (Å²) in [6.07, 6.45) is -3.97. The number of carbonyl (C=O) groups is 2. The van der Waals surface area contributed by atoms with Gasteiger partial charge in [-0.25, -0.2) is 0 Å². The third-order valence-electron chi connectivity index (χ3n) is 4.47. The molecule has 1 aliphatic rings. The smallest absolute Gasteiger partial charge is 0.490 e. The predicted octanol–water partition coefficient (Wildman–Crippen LogP) is 2.96. The molecule has 11 heteroatoms. The zero-order valence-electron chi connectivity index (χ0n) is 16.4. The largest absolute Gasteiger partial charge is 0.573 e. The van der Waals surface area contributed by atoms with Crippen LogP contribution in [0, 0.1) is 0 Å². The molecule has 3 rings (SSSR count). The van der Waals surface area contributed by atoms with Crippen molar-refractivity contribution in [2.75, 3.05) is 18.4 Å². The van der Waals surface area contributed by atoms with Crippen LogP contribution in [-0.4, -0.2) is 52.1 Å². The summed E-state index contributed by atoms with van der Waals surface area (Å²) in [5, 5.41) is 6.63. The number of nitrogens with zero attached hydrogens (tertiary/aromatic N) is 3. The number of nitrogens with one attached hydrogen (secondary N) is 1. The SMILES string of the molecule is CC(=O)Nc1cc(C(=O)N2CCC(Oc3cccc(OC(F)(F)F)c3)CC2)n(C)n1. The lowest BCUT2D eigenvalue weighted by molar-refractivity contribution is -0.274. The Morgan fingerprint density at radius 2 is 1.83 bits per heavy atom. The summed E-state index contributed by atoms with van der Waals surface area (Å²) in [5.41, 5.74) is 0.343. The number of likely N-dealkylation sites (tertiary alicyclic amines) is 1. The highest BCUT2D eigenvalue weighted by molar-refractivity contribution is 5.95. The maximum absolute atomic E-state index is 12.8. The Bertz CT molecular complexity index is 921. The van der Waals surface area contributed by atoms with Gasteiger partial charge in [0.2, 0.25) is 5.91 Å². The van der Waals surface area contributed by atoms with Crippen molar-refractivity contribution in [2.24, 2.45) is 7.05 Å². The Labute approximate surface area is 170 Å². The fraction of sp³-hybridized carbons (Fsp3) is 0.421. The first-order chi connectivity index (χ1) is 14.1. The van der Waals surface area contributed by atoms with E-state index in [4.69, 9.17) is 4.74 Å². The Hall–Kier alpha value is -3.24. The van der Waals surface area contributed by atoms with Gasteiger partial charge in [0.05, 0.1) is 0 Å². The molecule has 30 heavy (non-hydrogen) atoms. The number of carbonyl (C=O) groups excluding carboxylic acids is 2. The van der Waals surface area contributed by atoms with Crippen molar-refractivity contribution in [1.82, 2.24) is 14.7 Å². The molecule has 0 atom stereocenters. The Balaban J connectivity index is 1.56. The highest BCUT2D eigenvalue weighted by Gasteiger charge is 2.31. The highest BCUT2D eigenvalue weighted by Crippen LogP contribution is 2.28. The molecule has 1 aliphatic heterocycles. The van der Waals surface area contributed by atoms with E-state index in [9.17, 15) is 22.8 Å². The first-order valence-corrected chi connectivity index (χ1v) is 9.24. The molecule has 2 amide bonds. The Morgan fingerprint density at radius 3 is 2.47 bits per heavy atom. The van der Waals surface area contributed by atoms with E-state index in [-0.39, 0.29) is 29.4 Å². The van der Waals surface area contributed by atoms with Crippen LogP contribution in [0.3, 0.4) is 0 Å². The maximum Gasteiger partial charge on any atom is 0.573 e. The second kappa shape index (κ2) is 8.64. The van der Waals surface area contributed by atoms with Crippen molar-refractivity contribution >= 4 is 17.6 Å². The van der Waals surface area contributed by atoms with Gasteiger partial charge >= 0.3 is 6.36 Å². The number of hydrogen-bond donors (Lipinski definition) is 1. The Morgan fingerprint density at radius 1 is 1.17 bits per heavy atom. The quantitative estimate of drug-likeness (QED) is 0.795. The van der Waals surface area contributed by atoms with Gasteiger partial charge in [0.25, 0.3) is 5.91 Å². The lowest BCUT2D eigenvalue weighted by atomic mass is 10.1. The predicted molar refractivity (Wildman–Crippen MR) is 100 cm³/mol. The number of alkyl halides is 3. The van der Waals surface area contributed by atoms with E-state index in [1.54, 1.807) is 18.0 Å². The standard InChI is InChI=1S/C19H21F3N4O4/c1-12(27)23-17-11-16(25(2)24-17)18(28)26-8-6-13(7-9-26)29-14-4-3-5-15(10-14)30-19(20,21)22/h3-5,10-11,13H,6-9H2,1-2H3,(H,23,24,27). The second-order valence-electron chi connectivity index (χ2n) is 6.85. The lowest BCUT2D eigenvalue weighted by Gasteiger charge is -2.32. The van der Waals surface area contributed by atoms with Gasteiger partial charge in [0, 0.05) is 52.0 Å². The molecule has 0 bridgehead atoms. The minimum absolute atomic E-state index is 0.222. The molecule has 0 aliphatic carbocycles. The molecular weight excluding hydrogens is 405 g/mol. The average molecular weight is 426 g/mol. The fourth-order valence-electron chi connectivity index (χ4n) is 3.18. The summed E-state index contributed by atoms with van der Waals surface area (Å²) in [5.74, 6) is -0.283. The summed E-state index contributed by atoms with van der Waals surface area (Å²) >= 11 is 0. The molecule has 1 N–H and O–H groups in total. The molecule has 0 radical (unpaired) electrons. The summed E-state index contributed by atoms with van der Waals surface area (Å²) in [7, 11) is 1.62. The van der Waals surface area contributed by atoms with Crippen LogP contribution >= 0.6 is 0 Å². The molecule has 8 nitrogen and oxygen atoms in total. The maximum atomic E-state index is 12.8. The van der Waals surface area contributed by atoms with Crippen molar-refractivity contribution in [3.63, 3.8) is 0 Å². The van der Waals surface area contributed by atoms with Crippen LogP contribution in [0.4, 0.5) is 19.0 Å². The van der Waals surface area contributed by atoms with Gasteiger partial charge in [0.15, 0.2) is 5.82 Å².